The maximum atomic E-state index is 11.8. The summed E-state index contributed by atoms with van der Waals surface area (Å²) in [5, 5.41) is 5.39. The summed E-state index contributed by atoms with van der Waals surface area (Å²) in [5.41, 5.74) is 10.8. The molecule has 0 aromatic carbocycles. The van der Waals surface area contributed by atoms with Crippen LogP contribution in [-0.4, -0.2) is 22.6 Å². The molecule has 0 atom stereocenters. The fraction of sp³-hybridized carbons (Fsp3) is 0.714. The number of thiazole rings is 1. The molecule has 1 aromatic rings. The number of anilines is 1. The minimum absolute atomic E-state index is 0.198. The van der Waals surface area contributed by atoms with Gasteiger partial charge in [-0.15, -0.1) is 11.3 Å². The summed E-state index contributed by atoms with van der Waals surface area (Å²) in [6.45, 7) is 2.25. The van der Waals surface area contributed by atoms with Gasteiger partial charge in [0.25, 0.3) is 5.91 Å². The van der Waals surface area contributed by atoms with Gasteiger partial charge in [0.15, 0.2) is 10.8 Å². The number of hydrogen-bond acceptors (Lipinski definition) is 7. The fourth-order valence-corrected chi connectivity index (χ4v) is 3.59. The minimum atomic E-state index is -0.816. The molecule has 0 bridgehead atoms. The Labute approximate surface area is 178 Å². The number of nitrogens with two attached hydrogens (primary N) is 2. The molecule has 1 heterocycles. The number of carbonyl (C=O) groups is 2. The van der Waals surface area contributed by atoms with E-state index in [9.17, 15) is 9.59 Å². The van der Waals surface area contributed by atoms with E-state index >= 15 is 0 Å². The molecule has 0 aliphatic rings. The molecule has 1 amide bonds. The molecular formula is C21H36N4O3S. The highest BCUT2D eigenvalue weighted by molar-refractivity contribution is 7.13. The molecule has 4 N–H and O–H groups in total. The highest BCUT2D eigenvalue weighted by Gasteiger charge is 2.16. The molecule has 0 aliphatic heterocycles. The second kappa shape index (κ2) is 15.9. The van der Waals surface area contributed by atoms with Gasteiger partial charge in [-0.1, -0.05) is 89.1 Å². The fourth-order valence-electron chi connectivity index (χ4n) is 3.04. The first-order chi connectivity index (χ1) is 14.0. The van der Waals surface area contributed by atoms with E-state index in [1.807, 2.05) is 0 Å². The van der Waals surface area contributed by atoms with Crippen LogP contribution in [0.25, 0.3) is 0 Å². The van der Waals surface area contributed by atoms with Crippen LogP contribution in [0, 0.1) is 0 Å². The van der Waals surface area contributed by atoms with Crippen LogP contribution in [0.3, 0.4) is 0 Å². The zero-order valence-corrected chi connectivity index (χ0v) is 18.5. The molecule has 1 rings (SSSR count). The van der Waals surface area contributed by atoms with E-state index in [4.69, 9.17) is 16.3 Å². The lowest BCUT2D eigenvalue weighted by Gasteiger charge is -2.03. The van der Waals surface area contributed by atoms with Crippen LogP contribution in [0.5, 0.6) is 0 Å². The van der Waals surface area contributed by atoms with Gasteiger partial charge in [0.05, 0.1) is 0 Å². The van der Waals surface area contributed by atoms with Gasteiger partial charge in [0.2, 0.25) is 0 Å². The molecule has 0 spiro atoms. The topological polar surface area (TPSA) is 121 Å². The van der Waals surface area contributed by atoms with Gasteiger partial charge in [0.1, 0.15) is 5.69 Å². The van der Waals surface area contributed by atoms with Gasteiger partial charge in [-0.3, -0.25) is 4.79 Å². The van der Waals surface area contributed by atoms with Crippen molar-refractivity contribution in [2.75, 3.05) is 5.73 Å². The first kappa shape index (κ1) is 25.1. The highest BCUT2D eigenvalue weighted by atomic mass is 32.1. The number of amides is 1. The van der Waals surface area contributed by atoms with Gasteiger partial charge in [-0.2, -0.15) is 0 Å². The van der Waals surface area contributed by atoms with Crippen LogP contribution in [0.15, 0.2) is 10.5 Å². The smallest absolute Gasteiger partial charge is 0.335 e. The minimum Gasteiger partial charge on any atom is -0.375 e. The number of unbranched alkanes of at least 4 members (excludes halogenated alkanes) is 12. The summed E-state index contributed by atoms with van der Waals surface area (Å²) in [6.07, 6.45) is 16.4. The number of nitrogen functional groups attached to an aromatic ring is 1. The number of nitrogens with zero attached hydrogens (tertiary/aromatic N) is 2. The Kier molecular flexibility index (Phi) is 13.8. The van der Waals surface area contributed by atoms with Crippen LogP contribution in [0.4, 0.5) is 5.13 Å². The number of rotatable bonds is 17. The van der Waals surface area contributed by atoms with Crippen molar-refractivity contribution < 1.29 is 14.4 Å². The van der Waals surface area contributed by atoms with Gasteiger partial charge in [-0.25, -0.2) is 9.78 Å². The summed E-state index contributed by atoms with van der Waals surface area (Å²) in [7, 11) is 0. The first-order valence-corrected chi connectivity index (χ1v) is 11.7. The van der Waals surface area contributed by atoms with Gasteiger partial charge in [0, 0.05) is 11.8 Å². The maximum Gasteiger partial charge on any atom is 0.335 e. The van der Waals surface area contributed by atoms with Crippen LogP contribution in [0.2, 0.25) is 0 Å². The Bertz CT molecular complexity index is 631. The van der Waals surface area contributed by atoms with E-state index < -0.39 is 11.9 Å². The highest BCUT2D eigenvalue weighted by Crippen LogP contribution is 2.14. The van der Waals surface area contributed by atoms with E-state index in [1.54, 1.807) is 5.38 Å². The summed E-state index contributed by atoms with van der Waals surface area (Å²) in [4.78, 5) is 31.9. The monoisotopic (exact) mass is 424 g/mol. The Morgan fingerprint density at radius 2 is 1.48 bits per heavy atom. The average Bonchev–Trinajstić information content (AvgIpc) is 3.11. The van der Waals surface area contributed by atoms with Crippen molar-refractivity contribution in [1.82, 2.24) is 4.98 Å². The molecule has 0 radical (unpaired) electrons. The second-order valence-electron chi connectivity index (χ2n) is 7.33. The van der Waals surface area contributed by atoms with Gasteiger partial charge < -0.3 is 16.3 Å². The number of hydrogen-bond donors (Lipinski definition) is 2. The molecule has 29 heavy (non-hydrogen) atoms. The number of carbonyl (C=O) groups excluding carboxylic acids is 2. The second-order valence-corrected chi connectivity index (χ2v) is 8.22. The van der Waals surface area contributed by atoms with Crippen molar-refractivity contribution in [3.05, 3.63) is 11.1 Å². The zero-order chi connectivity index (χ0) is 21.3. The Morgan fingerprint density at radius 1 is 0.966 bits per heavy atom. The molecular weight excluding hydrogens is 388 g/mol. The van der Waals surface area contributed by atoms with Crippen molar-refractivity contribution in [1.29, 1.82) is 0 Å². The SMILES string of the molecule is CCCCCCCCCCCCCCCC(=O)ON=C(C(N)=O)c1csc(N)n1. The van der Waals surface area contributed by atoms with Crippen LogP contribution < -0.4 is 11.5 Å². The van der Waals surface area contributed by atoms with Crippen molar-refractivity contribution in [3.63, 3.8) is 0 Å². The van der Waals surface area contributed by atoms with Crippen molar-refractivity contribution >= 4 is 34.1 Å². The quantitative estimate of drug-likeness (QED) is 0.159. The molecule has 0 unspecified atom stereocenters. The van der Waals surface area contributed by atoms with Crippen molar-refractivity contribution in [3.8, 4) is 0 Å². The van der Waals surface area contributed by atoms with Gasteiger partial charge >= 0.3 is 5.97 Å². The molecule has 7 nitrogen and oxygen atoms in total. The maximum absolute atomic E-state index is 11.8. The largest absolute Gasteiger partial charge is 0.375 e. The molecule has 1 aromatic heterocycles. The number of oxime groups is 1. The number of primary amides is 1. The average molecular weight is 425 g/mol. The van der Waals surface area contributed by atoms with Crippen molar-refractivity contribution in [2.45, 2.75) is 96.8 Å². The lowest BCUT2D eigenvalue weighted by molar-refractivity contribution is -0.143. The lowest BCUT2D eigenvalue weighted by atomic mass is 10.0. The first-order valence-electron chi connectivity index (χ1n) is 10.8. The molecule has 0 saturated heterocycles. The Morgan fingerprint density at radius 3 is 1.93 bits per heavy atom. The number of aromatic nitrogens is 1. The molecule has 0 aliphatic carbocycles. The van der Waals surface area contributed by atoms with E-state index in [2.05, 4.69) is 17.1 Å². The summed E-state index contributed by atoms with van der Waals surface area (Å²) >= 11 is 1.15. The predicted molar refractivity (Wildman–Crippen MR) is 119 cm³/mol. The standard InChI is InChI=1S/C21H36N4O3S/c1-2-3-4-5-6-7-8-9-10-11-12-13-14-15-18(26)28-25-19(20(22)27)17-16-29-21(23)24-17/h16H,2-15H2,1H3,(H2,22,27)(H2,23,24). The van der Waals surface area contributed by atoms with Crippen LogP contribution >= 0.6 is 11.3 Å². The molecule has 8 heteroatoms. The molecule has 0 saturated carbocycles. The van der Waals surface area contributed by atoms with E-state index in [1.165, 1.54) is 64.2 Å². The summed E-state index contributed by atoms with van der Waals surface area (Å²) in [5.74, 6) is -1.29. The van der Waals surface area contributed by atoms with E-state index in [0.29, 0.717) is 0 Å². The molecule has 164 valence electrons. The lowest BCUT2D eigenvalue weighted by Crippen LogP contribution is -2.25. The predicted octanol–water partition coefficient (Wildman–Crippen LogP) is 4.94. The Hall–Kier alpha value is -1.96. The Balaban J connectivity index is 2.04. The third kappa shape index (κ3) is 12.3. The van der Waals surface area contributed by atoms with Crippen LogP contribution in [0.1, 0.15) is 103 Å². The van der Waals surface area contributed by atoms with E-state index in [-0.39, 0.29) is 23.0 Å². The third-order valence-electron chi connectivity index (χ3n) is 4.72. The normalized spacial score (nSPS) is 11.6. The van der Waals surface area contributed by atoms with Crippen LogP contribution in [-0.2, 0) is 14.4 Å². The summed E-state index contributed by atoms with van der Waals surface area (Å²) in [6, 6.07) is 0. The van der Waals surface area contributed by atoms with E-state index in [0.717, 1.165) is 30.6 Å². The third-order valence-corrected chi connectivity index (χ3v) is 5.40. The van der Waals surface area contributed by atoms with Crippen molar-refractivity contribution in [2.24, 2.45) is 10.9 Å². The molecule has 0 fully saturated rings. The van der Waals surface area contributed by atoms with Gasteiger partial charge in [-0.05, 0) is 6.42 Å². The summed E-state index contributed by atoms with van der Waals surface area (Å²) < 4.78 is 0. The zero-order valence-electron chi connectivity index (χ0n) is 17.7.